The lowest BCUT2D eigenvalue weighted by Gasteiger charge is -2.47. The number of methoxy groups -OCH3 is 1. The second-order valence-electron chi connectivity index (χ2n) is 10.7. The minimum absolute atomic E-state index is 0.324. The fraction of sp³-hybridized carbons (Fsp3) is 0.448. The lowest BCUT2D eigenvalue weighted by molar-refractivity contribution is -0.124. The number of fused-ring (bicyclic) bond motifs is 2. The van der Waals surface area contributed by atoms with Crippen LogP contribution >= 0.6 is 11.3 Å². The summed E-state index contributed by atoms with van der Waals surface area (Å²) in [6.45, 7) is 6.86. The predicted octanol–water partition coefficient (Wildman–Crippen LogP) is 4.71. The van der Waals surface area contributed by atoms with E-state index in [0.717, 1.165) is 103 Å². The van der Waals surface area contributed by atoms with Gasteiger partial charge in [-0.3, -0.25) is 4.68 Å². The van der Waals surface area contributed by atoms with Crippen LogP contribution in [0.15, 0.2) is 35.7 Å². The van der Waals surface area contributed by atoms with Gasteiger partial charge in [0.1, 0.15) is 35.4 Å². The van der Waals surface area contributed by atoms with Crippen molar-refractivity contribution >= 4 is 27.2 Å². The third-order valence-electron chi connectivity index (χ3n) is 8.20. The number of thiophene rings is 1. The molecule has 7 rings (SSSR count). The van der Waals surface area contributed by atoms with Crippen LogP contribution in [0.5, 0.6) is 5.75 Å². The fourth-order valence-corrected chi connectivity index (χ4v) is 6.87. The van der Waals surface area contributed by atoms with E-state index in [0.29, 0.717) is 24.4 Å². The van der Waals surface area contributed by atoms with Crippen molar-refractivity contribution in [1.82, 2.24) is 20.1 Å². The first-order valence-electron chi connectivity index (χ1n) is 13.6. The van der Waals surface area contributed by atoms with Crippen LogP contribution in [0.25, 0.3) is 32.6 Å². The number of ether oxygens (including phenoxy) is 3. The second-order valence-corrected chi connectivity index (χ2v) is 11.6. The van der Waals surface area contributed by atoms with Gasteiger partial charge in [0.05, 0.1) is 32.1 Å². The second kappa shape index (κ2) is 10.2. The highest BCUT2D eigenvalue weighted by molar-refractivity contribution is 7.18. The maximum atomic E-state index is 14.4. The van der Waals surface area contributed by atoms with Gasteiger partial charge in [-0.15, -0.1) is 11.3 Å². The number of piperidine rings is 1. The molecule has 3 aliphatic rings. The Morgan fingerprint density at radius 2 is 2.00 bits per heavy atom. The summed E-state index contributed by atoms with van der Waals surface area (Å²) in [7, 11) is 1.63. The molecule has 0 aliphatic carbocycles. The first-order chi connectivity index (χ1) is 19.1. The summed E-state index contributed by atoms with van der Waals surface area (Å²) >= 11 is 1.68. The summed E-state index contributed by atoms with van der Waals surface area (Å²) in [6.07, 6.45) is 2.22. The lowest BCUT2D eigenvalue weighted by atomic mass is 9.77. The van der Waals surface area contributed by atoms with Crippen molar-refractivity contribution in [2.24, 2.45) is 5.41 Å². The highest BCUT2D eigenvalue weighted by Crippen LogP contribution is 2.47. The Hall–Kier alpha value is -3.05. The molecule has 2 saturated heterocycles. The van der Waals surface area contributed by atoms with Gasteiger partial charge in [-0.05, 0) is 42.5 Å². The summed E-state index contributed by atoms with van der Waals surface area (Å²) in [5.74, 6) is 1.13. The standard InChI is InChI=1S/C29H32FN5O3S/c1-36-11-12-38-24-14-19(30)2-3-21(24)25-26(23-15-20-16-31-7-10-35(20)33-23)32-28(22-4-13-39-27(22)25)34-8-5-29(6-9-34)17-37-18-29/h2-4,13-15,31H,5-12,16-18H2,1H3. The van der Waals surface area contributed by atoms with Crippen LogP contribution in [0.4, 0.5) is 10.2 Å². The molecule has 3 aromatic heterocycles. The third kappa shape index (κ3) is 4.49. The third-order valence-corrected chi connectivity index (χ3v) is 9.13. The maximum absolute atomic E-state index is 14.4. The molecule has 3 aliphatic heterocycles. The molecule has 6 heterocycles. The summed E-state index contributed by atoms with van der Waals surface area (Å²) < 4.78 is 34.4. The van der Waals surface area contributed by atoms with E-state index in [9.17, 15) is 4.39 Å². The smallest absolute Gasteiger partial charge is 0.138 e. The van der Waals surface area contributed by atoms with Crippen LogP contribution in [0.2, 0.25) is 0 Å². The molecule has 0 amide bonds. The van der Waals surface area contributed by atoms with E-state index < -0.39 is 0 Å². The van der Waals surface area contributed by atoms with Gasteiger partial charge in [-0.25, -0.2) is 9.37 Å². The van der Waals surface area contributed by atoms with Crippen LogP contribution in [0.1, 0.15) is 18.5 Å². The number of nitrogens with one attached hydrogen (secondary N) is 1. The first kappa shape index (κ1) is 25.0. The number of rotatable bonds is 7. The number of hydrogen-bond donors (Lipinski definition) is 1. The van der Waals surface area contributed by atoms with Gasteiger partial charge in [0.25, 0.3) is 0 Å². The van der Waals surface area contributed by atoms with E-state index >= 15 is 0 Å². The minimum atomic E-state index is -0.342. The number of pyridine rings is 1. The molecule has 1 aromatic carbocycles. The molecule has 8 nitrogen and oxygen atoms in total. The zero-order chi connectivity index (χ0) is 26.4. The Morgan fingerprint density at radius 3 is 2.77 bits per heavy atom. The van der Waals surface area contributed by atoms with E-state index in [1.165, 1.54) is 12.1 Å². The summed E-state index contributed by atoms with van der Waals surface area (Å²) in [5, 5.41) is 11.7. The Labute approximate surface area is 230 Å². The van der Waals surface area contributed by atoms with Gasteiger partial charge < -0.3 is 24.4 Å². The van der Waals surface area contributed by atoms with Crippen molar-refractivity contribution in [3.8, 4) is 28.3 Å². The molecule has 4 aromatic rings. The SMILES string of the molecule is COCCOc1cc(F)ccc1-c1c(-c2cc3n(n2)CCNC3)nc(N2CCC3(CC2)COC3)c2ccsc12. The van der Waals surface area contributed by atoms with Crippen LogP contribution in [-0.2, 0) is 22.6 Å². The number of nitrogens with zero attached hydrogens (tertiary/aromatic N) is 4. The van der Waals surface area contributed by atoms with E-state index in [1.54, 1.807) is 24.5 Å². The van der Waals surface area contributed by atoms with Gasteiger partial charge in [-0.2, -0.15) is 5.10 Å². The van der Waals surface area contributed by atoms with Crippen molar-refractivity contribution in [3.05, 3.63) is 47.2 Å². The van der Waals surface area contributed by atoms with E-state index in [-0.39, 0.29) is 5.82 Å². The zero-order valence-corrected chi connectivity index (χ0v) is 22.9. The largest absolute Gasteiger partial charge is 0.490 e. The highest BCUT2D eigenvalue weighted by Gasteiger charge is 2.41. The quantitative estimate of drug-likeness (QED) is 0.335. The number of anilines is 1. The molecule has 2 fully saturated rings. The predicted molar refractivity (Wildman–Crippen MR) is 150 cm³/mol. The molecular weight excluding hydrogens is 517 g/mol. The van der Waals surface area contributed by atoms with Crippen molar-refractivity contribution < 1.29 is 18.6 Å². The fourth-order valence-electron chi connectivity index (χ4n) is 5.92. The lowest BCUT2D eigenvalue weighted by Crippen LogP contribution is -2.51. The minimum Gasteiger partial charge on any atom is -0.490 e. The maximum Gasteiger partial charge on any atom is 0.138 e. The van der Waals surface area contributed by atoms with Crippen molar-refractivity contribution in [3.63, 3.8) is 0 Å². The number of aromatic nitrogens is 3. The van der Waals surface area contributed by atoms with E-state index in [2.05, 4.69) is 32.4 Å². The van der Waals surface area contributed by atoms with Gasteiger partial charge in [0, 0.05) is 66.0 Å². The monoisotopic (exact) mass is 549 g/mol. The molecular formula is C29H32FN5O3S. The molecule has 0 saturated carbocycles. The van der Waals surface area contributed by atoms with Crippen molar-refractivity contribution in [2.75, 3.05) is 58.1 Å². The van der Waals surface area contributed by atoms with E-state index in [1.807, 2.05) is 0 Å². The highest BCUT2D eigenvalue weighted by atomic mass is 32.1. The van der Waals surface area contributed by atoms with Crippen molar-refractivity contribution in [1.29, 1.82) is 0 Å². The molecule has 204 valence electrons. The Bertz CT molecular complexity index is 1480. The van der Waals surface area contributed by atoms with Crippen LogP contribution in [-0.4, -0.2) is 67.9 Å². The average molecular weight is 550 g/mol. The molecule has 1 spiro atoms. The van der Waals surface area contributed by atoms with Crippen molar-refractivity contribution in [2.45, 2.75) is 25.9 Å². The van der Waals surface area contributed by atoms with Gasteiger partial charge in [-0.1, -0.05) is 0 Å². The van der Waals surface area contributed by atoms with Crippen LogP contribution in [0.3, 0.4) is 0 Å². The summed E-state index contributed by atoms with van der Waals surface area (Å²) in [4.78, 5) is 7.79. The number of benzene rings is 1. The molecule has 1 N–H and O–H groups in total. The van der Waals surface area contributed by atoms with Gasteiger partial charge >= 0.3 is 0 Å². The molecule has 0 radical (unpaired) electrons. The average Bonchev–Trinajstić information content (AvgIpc) is 3.60. The topological polar surface area (TPSA) is 73.7 Å². The van der Waals surface area contributed by atoms with Crippen LogP contribution < -0.4 is 15.0 Å². The number of halogens is 1. The molecule has 10 heteroatoms. The Kier molecular flexibility index (Phi) is 6.50. The van der Waals surface area contributed by atoms with Crippen LogP contribution in [0, 0.1) is 11.2 Å². The Balaban J connectivity index is 1.40. The van der Waals surface area contributed by atoms with Gasteiger partial charge in [0.15, 0.2) is 0 Å². The molecule has 0 atom stereocenters. The normalized spacial score (nSPS) is 18.4. The molecule has 39 heavy (non-hydrogen) atoms. The van der Waals surface area contributed by atoms with E-state index in [4.69, 9.17) is 24.3 Å². The zero-order valence-electron chi connectivity index (χ0n) is 22.0. The summed E-state index contributed by atoms with van der Waals surface area (Å²) in [6, 6.07) is 9.03. The van der Waals surface area contributed by atoms with Gasteiger partial charge in [0.2, 0.25) is 0 Å². The first-order valence-corrected chi connectivity index (χ1v) is 14.5. The molecule has 0 unspecified atom stereocenters. The molecule has 0 bridgehead atoms. The Morgan fingerprint density at radius 1 is 1.13 bits per heavy atom. The number of hydrogen-bond acceptors (Lipinski definition) is 8. The summed E-state index contributed by atoms with van der Waals surface area (Å²) in [5.41, 5.74) is 4.84.